The van der Waals surface area contributed by atoms with Crippen LogP contribution in [-0.2, 0) is 31.2 Å². The largest absolute Gasteiger partial charge is 0.392 e. The number of rotatable bonds is 9. The average Bonchev–Trinajstić information content (AvgIpc) is 2.87. The quantitative estimate of drug-likeness (QED) is 0.284. The van der Waals surface area contributed by atoms with E-state index < -0.39 is 25.8 Å². The maximum atomic E-state index is 12.1. The molecule has 0 radical (unpaired) electrons. The Labute approximate surface area is 231 Å². The molecule has 2 aromatic heterocycles. The van der Waals surface area contributed by atoms with Crippen molar-refractivity contribution in [2.75, 3.05) is 5.75 Å². The normalized spacial score (nSPS) is 13.2. The van der Waals surface area contributed by atoms with E-state index in [9.17, 15) is 21.9 Å². The summed E-state index contributed by atoms with van der Waals surface area (Å²) in [6, 6.07) is 19.0. The topological polar surface area (TPSA) is 114 Å². The standard InChI is InChI=1S/C15H19NO3S.C15H17NO2S/c1-11(2)15(17)10-20(18,19)9-12-7-13-5-3-4-6-14(13)16-8-12;1-12(2)7-8-19(17,18)11-13-9-14-5-3-4-6-15(14)16-10-13/h3-8,11,15,17H,9-10H2,1-2H3;3-10,12H,11H2,1-2H3. The Morgan fingerprint density at radius 1 is 0.769 bits per heavy atom. The number of aliphatic hydroxyl groups excluding tert-OH is 1. The first-order chi connectivity index (χ1) is 18.3. The van der Waals surface area contributed by atoms with Crippen LogP contribution in [0.25, 0.3) is 21.8 Å². The van der Waals surface area contributed by atoms with Gasteiger partial charge in [-0.25, -0.2) is 16.8 Å². The van der Waals surface area contributed by atoms with Gasteiger partial charge >= 0.3 is 0 Å². The van der Waals surface area contributed by atoms with Crippen LogP contribution in [0.1, 0.15) is 38.8 Å². The second-order valence-electron chi connectivity index (χ2n) is 10.3. The summed E-state index contributed by atoms with van der Waals surface area (Å²) in [5.41, 5.74) is 3.09. The van der Waals surface area contributed by atoms with Crippen molar-refractivity contribution >= 4 is 41.5 Å². The molecule has 1 unspecified atom stereocenters. The van der Waals surface area contributed by atoms with E-state index in [0.29, 0.717) is 11.1 Å². The van der Waals surface area contributed by atoms with Gasteiger partial charge < -0.3 is 5.11 Å². The Bertz CT molecular complexity index is 1650. The van der Waals surface area contributed by atoms with Crippen molar-refractivity contribution in [2.24, 2.45) is 11.8 Å². The van der Waals surface area contributed by atoms with Crippen LogP contribution >= 0.6 is 0 Å². The molecule has 1 atom stereocenters. The fraction of sp³-hybridized carbons (Fsp3) is 0.333. The van der Waals surface area contributed by atoms with E-state index in [2.05, 4.69) is 9.97 Å². The molecule has 7 nitrogen and oxygen atoms in total. The maximum Gasteiger partial charge on any atom is 0.175 e. The van der Waals surface area contributed by atoms with E-state index in [-0.39, 0.29) is 29.1 Å². The SMILES string of the molecule is CC(C)C(O)CS(=O)(=O)Cc1cnc2ccccc2c1.CC(C)C=CS(=O)(=O)Cc1cnc2ccccc2c1. The molecule has 1 N–H and O–H groups in total. The number of nitrogens with zero attached hydrogens (tertiary/aromatic N) is 2. The van der Waals surface area contributed by atoms with Crippen LogP contribution in [-0.4, -0.2) is 43.8 Å². The molecule has 0 aliphatic carbocycles. The van der Waals surface area contributed by atoms with E-state index in [0.717, 1.165) is 21.8 Å². The van der Waals surface area contributed by atoms with Crippen molar-refractivity contribution < 1.29 is 21.9 Å². The number of sulfone groups is 2. The van der Waals surface area contributed by atoms with Crippen LogP contribution in [0.3, 0.4) is 0 Å². The van der Waals surface area contributed by atoms with Gasteiger partial charge in [-0.15, -0.1) is 0 Å². The van der Waals surface area contributed by atoms with Crippen molar-refractivity contribution in [3.63, 3.8) is 0 Å². The first-order valence-electron chi connectivity index (χ1n) is 12.8. The molecular formula is C30H36N2O5S2. The molecule has 0 saturated heterocycles. The van der Waals surface area contributed by atoms with Gasteiger partial charge in [0.1, 0.15) is 0 Å². The van der Waals surface area contributed by atoms with E-state index >= 15 is 0 Å². The fourth-order valence-corrected chi connectivity index (χ4v) is 6.68. The molecule has 0 aliphatic heterocycles. The molecular weight excluding hydrogens is 532 g/mol. The second-order valence-corrected chi connectivity index (χ2v) is 14.3. The molecule has 0 saturated carbocycles. The predicted octanol–water partition coefficient (Wildman–Crippen LogP) is 5.49. The highest BCUT2D eigenvalue weighted by atomic mass is 32.2. The van der Waals surface area contributed by atoms with Gasteiger partial charge in [-0.2, -0.15) is 0 Å². The predicted molar refractivity (Wildman–Crippen MR) is 158 cm³/mol. The lowest BCUT2D eigenvalue weighted by atomic mass is 10.1. The molecule has 208 valence electrons. The van der Waals surface area contributed by atoms with Crippen molar-refractivity contribution in [1.82, 2.24) is 9.97 Å². The van der Waals surface area contributed by atoms with Crippen LogP contribution in [0.5, 0.6) is 0 Å². The minimum Gasteiger partial charge on any atom is -0.392 e. The molecule has 9 heteroatoms. The number of pyridine rings is 2. The molecule has 0 amide bonds. The second kappa shape index (κ2) is 13.3. The molecule has 4 rings (SSSR count). The van der Waals surface area contributed by atoms with Crippen molar-refractivity contribution in [3.05, 3.63) is 95.7 Å². The third-order valence-electron chi connectivity index (χ3n) is 5.91. The fourth-order valence-electron chi connectivity index (χ4n) is 3.71. The van der Waals surface area contributed by atoms with Crippen LogP contribution in [0, 0.1) is 11.8 Å². The van der Waals surface area contributed by atoms with Crippen molar-refractivity contribution in [2.45, 2.75) is 45.3 Å². The molecule has 2 aromatic carbocycles. The molecule has 0 bridgehead atoms. The van der Waals surface area contributed by atoms with Gasteiger partial charge in [0.15, 0.2) is 19.7 Å². The molecule has 0 spiro atoms. The van der Waals surface area contributed by atoms with Gasteiger partial charge in [0.2, 0.25) is 0 Å². The van der Waals surface area contributed by atoms with Crippen LogP contribution in [0.2, 0.25) is 0 Å². The van der Waals surface area contributed by atoms with Crippen molar-refractivity contribution in [1.29, 1.82) is 0 Å². The Morgan fingerprint density at radius 2 is 1.26 bits per heavy atom. The van der Waals surface area contributed by atoms with E-state index in [1.54, 1.807) is 32.3 Å². The van der Waals surface area contributed by atoms with E-state index in [1.807, 2.05) is 74.5 Å². The van der Waals surface area contributed by atoms with Gasteiger partial charge in [0.05, 0.1) is 34.4 Å². The lowest BCUT2D eigenvalue weighted by Gasteiger charge is -2.14. The lowest BCUT2D eigenvalue weighted by Crippen LogP contribution is -2.26. The third kappa shape index (κ3) is 9.84. The summed E-state index contributed by atoms with van der Waals surface area (Å²) in [4.78, 5) is 8.52. The minimum atomic E-state index is -3.34. The molecule has 0 aliphatic rings. The van der Waals surface area contributed by atoms with E-state index in [1.165, 1.54) is 5.41 Å². The monoisotopic (exact) mass is 568 g/mol. The minimum absolute atomic E-state index is 0.00590. The summed E-state index contributed by atoms with van der Waals surface area (Å²) in [6.45, 7) is 7.50. The van der Waals surface area contributed by atoms with Crippen LogP contribution < -0.4 is 0 Å². The summed E-state index contributed by atoms with van der Waals surface area (Å²) in [5, 5.41) is 12.9. The number of fused-ring (bicyclic) bond motifs is 2. The molecule has 0 fully saturated rings. The number of allylic oxidation sites excluding steroid dienone is 1. The Balaban J connectivity index is 0.000000216. The van der Waals surface area contributed by atoms with Gasteiger partial charge in [0.25, 0.3) is 0 Å². The van der Waals surface area contributed by atoms with Crippen molar-refractivity contribution in [3.8, 4) is 0 Å². The van der Waals surface area contributed by atoms with Gasteiger partial charge in [-0.05, 0) is 47.2 Å². The van der Waals surface area contributed by atoms with Crippen LogP contribution in [0.4, 0.5) is 0 Å². The maximum absolute atomic E-state index is 12.1. The lowest BCUT2D eigenvalue weighted by molar-refractivity contribution is 0.147. The highest BCUT2D eigenvalue weighted by molar-refractivity contribution is 7.93. The first-order valence-corrected chi connectivity index (χ1v) is 16.3. The zero-order valence-electron chi connectivity index (χ0n) is 22.7. The number of benzene rings is 2. The van der Waals surface area contributed by atoms with Gasteiger partial charge in [-0.3, -0.25) is 9.97 Å². The summed E-state index contributed by atoms with van der Waals surface area (Å²) < 4.78 is 48.0. The number of hydrogen-bond donors (Lipinski definition) is 1. The number of para-hydroxylation sites is 2. The molecule has 2 heterocycles. The zero-order valence-corrected chi connectivity index (χ0v) is 24.4. The molecule has 4 aromatic rings. The first kappa shape index (κ1) is 30.4. The third-order valence-corrected chi connectivity index (χ3v) is 8.84. The Hall–Kier alpha value is -3.14. The Kier molecular flexibility index (Phi) is 10.4. The Morgan fingerprint density at radius 3 is 1.74 bits per heavy atom. The number of hydrogen-bond acceptors (Lipinski definition) is 7. The summed E-state index contributed by atoms with van der Waals surface area (Å²) in [7, 11) is -6.56. The summed E-state index contributed by atoms with van der Waals surface area (Å²) in [6.07, 6.45) is 4.09. The van der Waals surface area contributed by atoms with Gasteiger partial charge in [-0.1, -0.05) is 70.2 Å². The highest BCUT2D eigenvalue weighted by Gasteiger charge is 2.20. The summed E-state index contributed by atoms with van der Waals surface area (Å²) >= 11 is 0. The summed E-state index contributed by atoms with van der Waals surface area (Å²) in [5.74, 6) is -0.149. The smallest absolute Gasteiger partial charge is 0.175 e. The zero-order chi connectivity index (χ0) is 28.6. The highest BCUT2D eigenvalue weighted by Crippen LogP contribution is 2.17. The van der Waals surface area contributed by atoms with E-state index in [4.69, 9.17) is 0 Å². The molecule has 39 heavy (non-hydrogen) atoms. The van der Waals surface area contributed by atoms with Gasteiger partial charge in [0, 0.05) is 28.6 Å². The number of aliphatic hydroxyl groups is 1. The number of aromatic nitrogens is 2. The van der Waals surface area contributed by atoms with Crippen LogP contribution in [0.15, 0.2) is 84.5 Å². The average molecular weight is 569 g/mol.